The van der Waals surface area contributed by atoms with Crippen molar-refractivity contribution in [2.75, 3.05) is 7.11 Å². The minimum atomic E-state index is 0.0327. The van der Waals surface area contributed by atoms with Gasteiger partial charge in [-0.3, -0.25) is 4.79 Å². The van der Waals surface area contributed by atoms with Crippen molar-refractivity contribution in [1.29, 1.82) is 0 Å². The Kier molecular flexibility index (Phi) is 3.74. The van der Waals surface area contributed by atoms with Crippen LogP contribution in [0.2, 0.25) is 0 Å². The van der Waals surface area contributed by atoms with Crippen molar-refractivity contribution in [2.24, 2.45) is 5.41 Å². The van der Waals surface area contributed by atoms with Gasteiger partial charge in [0.25, 0.3) is 0 Å². The van der Waals surface area contributed by atoms with Gasteiger partial charge in [0, 0.05) is 12.0 Å². The maximum Gasteiger partial charge on any atom is 0.163 e. The Labute approximate surface area is 97.6 Å². The number of carbonyl (C=O) groups is 1. The van der Waals surface area contributed by atoms with E-state index in [-0.39, 0.29) is 11.2 Å². The number of ether oxygens (including phenoxy) is 1. The van der Waals surface area contributed by atoms with Gasteiger partial charge in [0.1, 0.15) is 5.75 Å². The SMILES string of the molecule is COc1ccc(C(=O)CC(C)(C)C)cc1C. The molecule has 0 bridgehead atoms. The number of carbonyl (C=O) groups excluding carboxylic acids is 1. The van der Waals surface area contributed by atoms with Crippen LogP contribution < -0.4 is 4.74 Å². The number of aryl methyl sites for hydroxylation is 1. The van der Waals surface area contributed by atoms with Gasteiger partial charge in [-0.05, 0) is 36.1 Å². The zero-order valence-electron chi connectivity index (χ0n) is 10.8. The lowest BCUT2D eigenvalue weighted by Crippen LogP contribution is -2.13. The summed E-state index contributed by atoms with van der Waals surface area (Å²) < 4.78 is 5.17. The Balaban J connectivity index is 2.89. The molecule has 0 amide bonds. The first-order chi connectivity index (χ1) is 7.33. The first-order valence-corrected chi connectivity index (χ1v) is 5.51. The summed E-state index contributed by atoms with van der Waals surface area (Å²) in [6, 6.07) is 5.58. The minimum absolute atomic E-state index is 0.0327. The summed E-state index contributed by atoms with van der Waals surface area (Å²) in [6.45, 7) is 8.16. The van der Waals surface area contributed by atoms with E-state index in [2.05, 4.69) is 20.8 Å². The Morgan fingerprint density at radius 1 is 1.31 bits per heavy atom. The van der Waals surface area contributed by atoms with E-state index in [0.717, 1.165) is 16.9 Å². The fraction of sp³-hybridized carbons (Fsp3) is 0.500. The standard InChI is InChI=1S/C14H20O2/c1-10-8-11(6-7-13(10)16-5)12(15)9-14(2,3)4/h6-8H,9H2,1-5H3. The molecule has 0 aliphatic rings. The average Bonchev–Trinajstić information content (AvgIpc) is 2.15. The smallest absolute Gasteiger partial charge is 0.163 e. The fourth-order valence-corrected chi connectivity index (χ4v) is 1.64. The van der Waals surface area contributed by atoms with E-state index in [9.17, 15) is 4.79 Å². The summed E-state index contributed by atoms with van der Waals surface area (Å²) in [5.74, 6) is 1.02. The first kappa shape index (κ1) is 12.8. The predicted molar refractivity (Wildman–Crippen MR) is 66.1 cm³/mol. The molecule has 0 saturated heterocycles. The lowest BCUT2D eigenvalue weighted by atomic mass is 9.87. The van der Waals surface area contributed by atoms with E-state index in [0.29, 0.717) is 6.42 Å². The number of Topliss-reactive ketones (excluding diaryl/α,β-unsaturated/α-hetero) is 1. The summed E-state index contributed by atoms with van der Waals surface area (Å²) in [5.41, 5.74) is 1.81. The van der Waals surface area contributed by atoms with E-state index in [1.54, 1.807) is 7.11 Å². The van der Waals surface area contributed by atoms with Crippen LogP contribution in [-0.2, 0) is 0 Å². The molecule has 0 saturated carbocycles. The molecule has 0 radical (unpaired) electrons. The largest absolute Gasteiger partial charge is 0.496 e. The molecule has 0 unspecified atom stereocenters. The third-order valence-electron chi connectivity index (χ3n) is 2.41. The van der Waals surface area contributed by atoms with E-state index < -0.39 is 0 Å². The molecule has 0 heterocycles. The molecule has 0 aliphatic heterocycles. The van der Waals surface area contributed by atoms with E-state index >= 15 is 0 Å². The maximum absolute atomic E-state index is 12.0. The van der Waals surface area contributed by atoms with Crippen molar-refractivity contribution in [2.45, 2.75) is 34.1 Å². The van der Waals surface area contributed by atoms with Gasteiger partial charge in [-0.25, -0.2) is 0 Å². The van der Waals surface area contributed by atoms with Crippen LogP contribution in [0.15, 0.2) is 18.2 Å². The number of hydrogen-bond donors (Lipinski definition) is 0. The summed E-state index contributed by atoms with van der Waals surface area (Å²) >= 11 is 0. The van der Waals surface area contributed by atoms with Crippen LogP contribution in [0.5, 0.6) is 5.75 Å². The second-order valence-corrected chi connectivity index (χ2v) is 5.35. The van der Waals surface area contributed by atoms with Crippen molar-refractivity contribution >= 4 is 5.78 Å². The van der Waals surface area contributed by atoms with E-state index in [4.69, 9.17) is 4.74 Å². The van der Waals surface area contributed by atoms with E-state index in [1.165, 1.54) is 0 Å². The van der Waals surface area contributed by atoms with Crippen molar-refractivity contribution in [3.05, 3.63) is 29.3 Å². The summed E-state index contributed by atoms with van der Waals surface area (Å²) in [4.78, 5) is 12.0. The van der Waals surface area contributed by atoms with Crippen molar-refractivity contribution in [3.63, 3.8) is 0 Å². The topological polar surface area (TPSA) is 26.3 Å². The number of benzene rings is 1. The van der Waals surface area contributed by atoms with Crippen molar-refractivity contribution < 1.29 is 9.53 Å². The lowest BCUT2D eigenvalue weighted by Gasteiger charge is -2.17. The highest BCUT2D eigenvalue weighted by atomic mass is 16.5. The fourth-order valence-electron chi connectivity index (χ4n) is 1.64. The molecule has 88 valence electrons. The molecule has 2 nitrogen and oxygen atoms in total. The summed E-state index contributed by atoms with van der Waals surface area (Å²) in [5, 5.41) is 0. The molecular weight excluding hydrogens is 200 g/mol. The Hall–Kier alpha value is -1.31. The van der Waals surface area contributed by atoms with Gasteiger partial charge in [0.2, 0.25) is 0 Å². The highest BCUT2D eigenvalue weighted by Crippen LogP contribution is 2.24. The second-order valence-electron chi connectivity index (χ2n) is 5.35. The number of hydrogen-bond acceptors (Lipinski definition) is 2. The Morgan fingerprint density at radius 3 is 2.38 bits per heavy atom. The Morgan fingerprint density at radius 2 is 1.94 bits per heavy atom. The molecule has 0 N–H and O–H groups in total. The van der Waals surface area contributed by atoms with Gasteiger partial charge in [0.15, 0.2) is 5.78 Å². The minimum Gasteiger partial charge on any atom is -0.496 e. The quantitative estimate of drug-likeness (QED) is 0.727. The zero-order valence-corrected chi connectivity index (χ0v) is 10.8. The number of ketones is 1. The second kappa shape index (κ2) is 4.69. The van der Waals surface area contributed by atoms with Gasteiger partial charge in [-0.15, -0.1) is 0 Å². The van der Waals surface area contributed by atoms with Crippen LogP contribution in [0, 0.1) is 12.3 Å². The zero-order chi connectivity index (χ0) is 12.3. The molecule has 0 aromatic heterocycles. The molecule has 1 aromatic rings. The molecule has 0 fully saturated rings. The molecule has 0 atom stereocenters. The van der Waals surface area contributed by atoms with E-state index in [1.807, 2.05) is 25.1 Å². The maximum atomic E-state index is 12.0. The molecule has 0 aliphatic carbocycles. The Bertz CT molecular complexity index is 386. The van der Waals surface area contributed by atoms with Crippen LogP contribution in [0.25, 0.3) is 0 Å². The summed E-state index contributed by atoms with van der Waals surface area (Å²) in [6.07, 6.45) is 0.568. The van der Waals surface area contributed by atoms with Gasteiger partial charge in [-0.1, -0.05) is 20.8 Å². The lowest BCUT2D eigenvalue weighted by molar-refractivity contribution is 0.0940. The van der Waals surface area contributed by atoms with Gasteiger partial charge in [0.05, 0.1) is 7.11 Å². The molecule has 1 rings (SSSR count). The van der Waals surface area contributed by atoms with Crippen molar-refractivity contribution in [3.8, 4) is 5.75 Å². The molecular formula is C14H20O2. The summed E-state index contributed by atoms with van der Waals surface area (Å²) in [7, 11) is 1.64. The highest BCUT2D eigenvalue weighted by Gasteiger charge is 2.17. The van der Waals surface area contributed by atoms with Crippen LogP contribution in [0.1, 0.15) is 43.1 Å². The first-order valence-electron chi connectivity index (χ1n) is 5.51. The number of methoxy groups -OCH3 is 1. The number of rotatable bonds is 3. The van der Waals surface area contributed by atoms with Crippen LogP contribution in [0.3, 0.4) is 0 Å². The van der Waals surface area contributed by atoms with Crippen molar-refractivity contribution in [1.82, 2.24) is 0 Å². The van der Waals surface area contributed by atoms with Crippen LogP contribution in [-0.4, -0.2) is 12.9 Å². The molecule has 16 heavy (non-hydrogen) atoms. The van der Waals surface area contributed by atoms with Gasteiger partial charge >= 0.3 is 0 Å². The van der Waals surface area contributed by atoms with Crippen LogP contribution >= 0.6 is 0 Å². The van der Waals surface area contributed by atoms with Gasteiger partial charge < -0.3 is 4.74 Å². The predicted octanol–water partition coefficient (Wildman–Crippen LogP) is 3.62. The molecule has 0 spiro atoms. The molecule has 1 aromatic carbocycles. The third kappa shape index (κ3) is 3.37. The molecule has 2 heteroatoms. The highest BCUT2D eigenvalue weighted by molar-refractivity contribution is 5.96. The van der Waals surface area contributed by atoms with Crippen LogP contribution in [0.4, 0.5) is 0 Å². The van der Waals surface area contributed by atoms with Gasteiger partial charge in [-0.2, -0.15) is 0 Å². The average molecular weight is 220 g/mol. The normalized spacial score (nSPS) is 11.3. The third-order valence-corrected chi connectivity index (χ3v) is 2.41. The monoisotopic (exact) mass is 220 g/mol.